The number of anilines is 1. The minimum absolute atomic E-state index is 0.242. The molecule has 0 aliphatic carbocycles. The van der Waals surface area contributed by atoms with E-state index in [2.05, 4.69) is 22.5 Å². The van der Waals surface area contributed by atoms with E-state index in [0.717, 1.165) is 35.2 Å². The molecule has 0 aliphatic rings. The fourth-order valence-corrected chi connectivity index (χ4v) is 2.51. The van der Waals surface area contributed by atoms with Gasteiger partial charge in [0.2, 0.25) is 0 Å². The van der Waals surface area contributed by atoms with E-state index in [9.17, 15) is 4.79 Å². The van der Waals surface area contributed by atoms with Crippen LogP contribution in [0.15, 0.2) is 30.5 Å². The number of hydrogen-bond donors (Lipinski definition) is 2. The van der Waals surface area contributed by atoms with Crippen molar-refractivity contribution >= 4 is 22.7 Å². The lowest BCUT2D eigenvalue weighted by atomic mass is 10.1. The van der Waals surface area contributed by atoms with Gasteiger partial charge in [-0.1, -0.05) is 6.07 Å². The standard InChI is InChI=1S/C18H25N3O3/c1-4-24-18(22)20-10-5-7-13(2)21-16-12-15(23-3)11-14-8-6-9-19-17(14)16/h6,8-9,11-13,21H,4-5,7,10H2,1-3H3,(H,20,22). The highest BCUT2D eigenvalue weighted by Gasteiger charge is 2.09. The number of amides is 1. The Morgan fingerprint density at radius 3 is 2.96 bits per heavy atom. The predicted octanol–water partition coefficient (Wildman–Crippen LogP) is 3.57. The van der Waals surface area contributed by atoms with Crippen molar-refractivity contribution in [2.75, 3.05) is 25.6 Å². The van der Waals surface area contributed by atoms with Crippen molar-refractivity contribution in [1.29, 1.82) is 0 Å². The Bertz CT molecular complexity index is 676. The molecule has 6 heteroatoms. The fraction of sp³-hybridized carbons (Fsp3) is 0.444. The Morgan fingerprint density at radius 2 is 2.21 bits per heavy atom. The molecular weight excluding hydrogens is 306 g/mol. The van der Waals surface area contributed by atoms with E-state index < -0.39 is 0 Å². The number of nitrogens with one attached hydrogen (secondary N) is 2. The second-order valence-corrected chi connectivity index (χ2v) is 5.58. The fourth-order valence-electron chi connectivity index (χ4n) is 2.51. The van der Waals surface area contributed by atoms with Crippen molar-refractivity contribution in [2.24, 2.45) is 0 Å². The van der Waals surface area contributed by atoms with Crippen LogP contribution in [-0.2, 0) is 4.74 Å². The van der Waals surface area contributed by atoms with Crippen LogP contribution < -0.4 is 15.4 Å². The van der Waals surface area contributed by atoms with Crippen LogP contribution in [0.2, 0.25) is 0 Å². The normalized spacial score (nSPS) is 11.8. The van der Waals surface area contributed by atoms with Gasteiger partial charge in [0.1, 0.15) is 5.75 Å². The highest BCUT2D eigenvalue weighted by atomic mass is 16.5. The Balaban J connectivity index is 1.93. The van der Waals surface area contributed by atoms with Crippen LogP contribution in [0.4, 0.5) is 10.5 Å². The number of rotatable bonds is 8. The summed E-state index contributed by atoms with van der Waals surface area (Å²) >= 11 is 0. The summed E-state index contributed by atoms with van der Waals surface area (Å²) in [6.45, 7) is 4.89. The Kier molecular flexibility index (Phi) is 6.66. The molecule has 1 atom stereocenters. The van der Waals surface area contributed by atoms with Crippen molar-refractivity contribution in [3.63, 3.8) is 0 Å². The molecule has 130 valence electrons. The van der Waals surface area contributed by atoms with E-state index >= 15 is 0 Å². The zero-order chi connectivity index (χ0) is 17.4. The molecule has 0 fully saturated rings. The van der Waals surface area contributed by atoms with Crippen molar-refractivity contribution in [2.45, 2.75) is 32.7 Å². The number of nitrogens with zero attached hydrogens (tertiary/aromatic N) is 1. The first kappa shape index (κ1) is 17.8. The molecule has 0 saturated heterocycles. The number of ether oxygens (including phenoxy) is 2. The van der Waals surface area contributed by atoms with Crippen LogP contribution >= 0.6 is 0 Å². The topological polar surface area (TPSA) is 72.5 Å². The van der Waals surface area contributed by atoms with Crippen LogP contribution in [-0.4, -0.2) is 37.4 Å². The van der Waals surface area contributed by atoms with Crippen molar-refractivity contribution in [3.05, 3.63) is 30.5 Å². The summed E-state index contributed by atoms with van der Waals surface area (Å²) in [4.78, 5) is 15.7. The molecule has 0 spiro atoms. The number of alkyl carbamates (subject to hydrolysis) is 1. The third-order valence-corrected chi connectivity index (χ3v) is 3.67. The molecule has 2 N–H and O–H groups in total. The number of pyridine rings is 1. The molecule has 0 bridgehead atoms. The Hall–Kier alpha value is -2.50. The smallest absolute Gasteiger partial charge is 0.407 e. The third-order valence-electron chi connectivity index (χ3n) is 3.67. The summed E-state index contributed by atoms with van der Waals surface area (Å²) in [5, 5.41) is 7.25. The van der Waals surface area contributed by atoms with Gasteiger partial charge in [-0.2, -0.15) is 0 Å². The van der Waals surface area contributed by atoms with Gasteiger partial charge in [0, 0.05) is 30.2 Å². The molecule has 0 radical (unpaired) electrons. The summed E-state index contributed by atoms with van der Waals surface area (Å²) in [6, 6.07) is 8.11. The second kappa shape index (κ2) is 8.96. The molecule has 1 aromatic heterocycles. The molecule has 1 aromatic carbocycles. The van der Waals surface area contributed by atoms with E-state index in [1.54, 1.807) is 20.2 Å². The zero-order valence-electron chi connectivity index (χ0n) is 14.5. The Morgan fingerprint density at radius 1 is 1.38 bits per heavy atom. The second-order valence-electron chi connectivity index (χ2n) is 5.58. The van der Waals surface area contributed by atoms with Gasteiger partial charge in [0.25, 0.3) is 0 Å². The predicted molar refractivity (Wildman–Crippen MR) is 95.6 cm³/mol. The summed E-state index contributed by atoms with van der Waals surface area (Å²) in [7, 11) is 1.66. The molecule has 2 aromatic rings. The number of methoxy groups -OCH3 is 1. The lowest BCUT2D eigenvalue weighted by molar-refractivity contribution is 0.152. The van der Waals surface area contributed by atoms with Gasteiger partial charge in [-0.3, -0.25) is 4.98 Å². The summed E-state index contributed by atoms with van der Waals surface area (Å²) < 4.78 is 10.2. The summed E-state index contributed by atoms with van der Waals surface area (Å²) in [6.07, 6.45) is 3.20. The molecule has 24 heavy (non-hydrogen) atoms. The minimum atomic E-state index is -0.360. The maximum Gasteiger partial charge on any atom is 0.407 e. The summed E-state index contributed by atoms with van der Waals surface area (Å²) in [5.74, 6) is 0.800. The molecule has 1 unspecified atom stereocenters. The monoisotopic (exact) mass is 331 g/mol. The Labute approximate surface area is 142 Å². The highest BCUT2D eigenvalue weighted by Crippen LogP contribution is 2.28. The van der Waals surface area contributed by atoms with Crippen LogP contribution in [0.5, 0.6) is 5.75 Å². The number of fused-ring (bicyclic) bond motifs is 1. The maximum atomic E-state index is 11.2. The SMILES string of the molecule is CCOC(=O)NCCCC(C)Nc1cc(OC)cc2cccnc12. The molecule has 0 saturated carbocycles. The molecule has 6 nitrogen and oxygen atoms in total. The average Bonchev–Trinajstić information content (AvgIpc) is 2.59. The first-order valence-electron chi connectivity index (χ1n) is 8.24. The van der Waals surface area contributed by atoms with Crippen molar-refractivity contribution in [1.82, 2.24) is 10.3 Å². The van der Waals surface area contributed by atoms with Gasteiger partial charge >= 0.3 is 6.09 Å². The van der Waals surface area contributed by atoms with E-state index in [4.69, 9.17) is 9.47 Å². The molecule has 2 rings (SSSR count). The minimum Gasteiger partial charge on any atom is -0.497 e. The number of aromatic nitrogens is 1. The molecule has 1 amide bonds. The van der Waals surface area contributed by atoms with E-state index in [0.29, 0.717) is 13.2 Å². The van der Waals surface area contributed by atoms with Crippen LogP contribution in [0, 0.1) is 0 Å². The first-order valence-corrected chi connectivity index (χ1v) is 8.24. The van der Waals surface area contributed by atoms with Gasteiger partial charge in [0.15, 0.2) is 0 Å². The number of hydrogen-bond acceptors (Lipinski definition) is 5. The van der Waals surface area contributed by atoms with Crippen LogP contribution in [0.3, 0.4) is 0 Å². The molecule has 1 heterocycles. The first-order chi connectivity index (χ1) is 11.6. The lowest BCUT2D eigenvalue weighted by Crippen LogP contribution is -2.26. The highest BCUT2D eigenvalue weighted by molar-refractivity contribution is 5.91. The summed E-state index contributed by atoms with van der Waals surface area (Å²) in [5.41, 5.74) is 1.88. The van der Waals surface area contributed by atoms with Gasteiger partial charge in [-0.05, 0) is 38.8 Å². The third kappa shape index (κ3) is 5.01. The van der Waals surface area contributed by atoms with Crippen LogP contribution in [0.1, 0.15) is 26.7 Å². The van der Waals surface area contributed by atoms with Gasteiger partial charge < -0.3 is 20.1 Å². The van der Waals surface area contributed by atoms with Gasteiger partial charge in [0.05, 0.1) is 24.9 Å². The van der Waals surface area contributed by atoms with Gasteiger partial charge in [-0.15, -0.1) is 0 Å². The van der Waals surface area contributed by atoms with E-state index in [-0.39, 0.29) is 12.1 Å². The average molecular weight is 331 g/mol. The lowest BCUT2D eigenvalue weighted by Gasteiger charge is -2.17. The number of benzene rings is 1. The maximum absolute atomic E-state index is 11.2. The molecule has 0 aliphatic heterocycles. The van der Waals surface area contributed by atoms with E-state index in [1.165, 1.54) is 0 Å². The largest absolute Gasteiger partial charge is 0.497 e. The van der Waals surface area contributed by atoms with E-state index in [1.807, 2.05) is 24.3 Å². The van der Waals surface area contributed by atoms with Crippen molar-refractivity contribution < 1.29 is 14.3 Å². The zero-order valence-corrected chi connectivity index (χ0v) is 14.5. The number of carbonyl (C=O) groups excluding carboxylic acids is 1. The molecular formula is C18H25N3O3. The van der Waals surface area contributed by atoms with Gasteiger partial charge in [-0.25, -0.2) is 4.79 Å². The van der Waals surface area contributed by atoms with Crippen LogP contribution in [0.25, 0.3) is 10.9 Å². The van der Waals surface area contributed by atoms with Crippen molar-refractivity contribution in [3.8, 4) is 5.75 Å². The number of carbonyl (C=O) groups is 1. The quantitative estimate of drug-likeness (QED) is 0.724.